The van der Waals surface area contributed by atoms with E-state index in [-0.39, 0.29) is 24.1 Å². The van der Waals surface area contributed by atoms with E-state index in [1.54, 1.807) is 24.3 Å². The number of pyridine rings is 1. The van der Waals surface area contributed by atoms with Crippen LogP contribution in [0.3, 0.4) is 0 Å². The fraction of sp³-hybridized carbons (Fsp3) is 0.321. The fourth-order valence-corrected chi connectivity index (χ4v) is 4.59. The molecule has 1 saturated heterocycles. The summed E-state index contributed by atoms with van der Waals surface area (Å²) >= 11 is 6.07. The van der Waals surface area contributed by atoms with Crippen molar-refractivity contribution in [1.29, 1.82) is 0 Å². The molecule has 6 nitrogen and oxygen atoms in total. The number of nitrogens with zero attached hydrogens (tertiary/aromatic N) is 2. The minimum absolute atomic E-state index is 0.100. The summed E-state index contributed by atoms with van der Waals surface area (Å²) in [6.45, 7) is 2.87. The predicted octanol–water partition coefficient (Wildman–Crippen LogP) is 5.66. The van der Waals surface area contributed by atoms with Crippen LogP contribution < -0.4 is 4.74 Å². The third kappa shape index (κ3) is 6.20. The number of amides is 1. The van der Waals surface area contributed by atoms with E-state index >= 15 is 0 Å². The number of likely N-dealkylation sites (tertiary alicyclic amines) is 1. The normalized spacial score (nSPS) is 15.3. The van der Waals surface area contributed by atoms with Gasteiger partial charge in [0.05, 0.1) is 29.6 Å². The van der Waals surface area contributed by atoms with Crippen LogP contribution in [0.1, 0.15) is 58.2 Å². The lowest BCUT2D eigenvalue weighted by atomic mass is 10.1. The van der Waals surface area contributed by atoms with Gasteiger partial charge in [-0.1, -0.05) is 41.9 Å². The number of aryl methyl sites for hydroxylation is 2. The Morgan fingerprint density at radius 2 is 1.91 bits per heavy atom. The van der Waals surface area contributed by atoms with Crippen molar-refractivity contribution in [3.8, 4) is 5.75 Å². The molecule has 1 fully saturated rings. The first-order chi connectivity index (χ1) is 16.9. The molecule has 7 heteroatoms. The minimum atomic E-state index is -1.02. The first-order valence-corrected chi connectivity index (χ1v) is 12.3. The molecule has 0 bridgehead atoms. The number of carboxylic acid groups (broad SMARTS) is 1. The summed E-state index contributed by atoms with van der Waals surface area (Å²) in [5, 5.41) is 10.3. The third-order valence-corrected chi connectivity index (χ3v) is 6.77. The highest BCUT2D eigenvalue weighted by Gasteiger charge is 2.31. The molecule has 35 heavy (non-hydrogen) atoms. The summed E-state index contributed by atoms with van der Waals surface area (Å²) in [5.41, 5.74) is 3.40. The Morgan fingerprint density at radius 1 is 1.11 bits per heavy atom. The lowest BCUT2D eigenvalue weighted by Crippen LogP contribution is -2.31. The zero-order chi connectivity index (χ0) is 24.8. The maximum absolute atomic E-state index is 13.0. The maximum atomic E-state index is 13.0. The van der Waals surface area contributed by atoms with Crippen molar-refractivity contribution in [2.24, 2.45) is 0 Å². The SMILES string of the molecule is Cc1cc(OCCc2nc(C3CCCN3C(=O)CCc3ccccc3)ccc2C(=O)O)ccc1Cl. The van der Waals surface area contributed by atoms with Gasteiger partial charge >= 0.3 is 5.97 Å². The second-order valence-corrected chi connectivity index (χ2v) is 9.18. The molecule has 1 aliphatic heterocycles. The molecule has 1 aliphatic rings. The summed E-state index contributed by atoms with van der Waals surface area (Å²) in [6.07, 6.45) is 3.19. The molecule has 1 atom stereocenters. The average molecular weight is 493 g/mol. The van der Waals surface area contributed by atoms with Gasteiger partial charge in [-0.3, -0.25) is 9.78 Å². The summed E-state index contributed by atoms with van der Waals surface area (Å²) in [6, 6.07) is 18.6. The van der Waals surface area contributed by atoms with Gasteiger partial charge < -0.3 is 14.7 Å². The highest BCUT2D eigenvalue weighted by molar-refractivity contribution is 6.31. The zero-order valence-electron chi connectivity index (χ0n) is 19.7. The molecule has 1 amide bonds. The van der Waals surface area contributed by atoms with Gasteiger partial charge in [-0.2, -0.15) is 0 Å². The third-order valence-electron chi connectivity index (χ3n) is 6.35. The van der Waals surface area contributed by atoms with E-state index in [4.69, 9.17) is 21.3 Å². The van der Waals surface area contributed by atoms with E-state index in [0.29, 0.717) is 42.3 Å². The van der Waals surface area contributed by atoms with Crippen molar-refractivity contribution in [2.75, 3.05) is 13.2 Å². The Morgan fingerprint density at radius 3 is 2.66 bits per heavy atom. The van der Waals surface area contributed by atoms with Crippen molar-refractivity contribution in [1.82, 2.24) is 9.88 Å². The van der Waals surface area contributed by atoms with Crippen LogP contribution in [0, 0.1) is 6.92 Å². The van der Waals surface area contributed by atoms with Crippen LogP contribution in [0.15, 0.2) is 60.7 Å². The number of aromatic nitrogens is 1. The molecule has 0 spiro atoms. The number of carboxylic acids is 1. The summed E-state index contributed by atoms with van der Waals surface area (Å²) < 4.78 is 5.82. The first-order valence-electron chi connectivity index (χ1n) is 11.9. The Kier molecular flexibility index (Phi) is 8.03. The number of ether oxygens (including phenoxy) is 1. The number of carbonyl (C=O) groups is 2. The van der Waals surface area contributed by atoms with Crippen molar-refractivity contribution in [3.63, 3.8) is 0 Å². The van der Waals surface area contributed by atoms with Gasteiger partial charge in [0.25, 0.3) is 0 Å². The van der Waals surface area contributed by atoms with Gasteiger partial charge in [0.2, 0.25) is 5.91 Å². The molecule has 1 aromatic heterocycles. The van der Waals surface area contributed by atoms with Crippen LogP contribution in [0.2, 0.25) is 5.02 Å². The molecule has 0 radical (unpaired) electrons. The van der Waals surface area contributed by atoms with E-state index in [2.05, 4.69) is 0 Å². The van der Waals surface area contributed by atoms with E-state index in [1.807, 2.05) is 48.2 Å². The van der Waals surface area contributed by atoms with Gasteiger partial charge in [-0.15, -0.1) is 0 Å². The minimum Gasteiger partial charge on any atom is -0.493 e. The Bertz CT molecular complexity index is 1200. The molecule has 2 heterocycles. The van der Waals surface area contributed by atoms with Crippen molar-refractivity contribution in [3.05, 3.63) is 93.8 Å². The molecule has 2 aromatic carbocycles. The first kappa shape index (κ1) is 24.7. The highest BCUT2D eigenvalue weighted by Crippen LogP contribution is 2.32. The van der Waals surface area contributed by atoms with Crippen LogP contribution in [-0.2, 0) is 17.6 Å². The molecule has 0 aliphatic carbocycles. The largest absolute Gasteiger partial charge is 0.493 e. The Hall–Kier alpha value is -3.38. The quantitative estimate of drug-likeness (QED) is 0.417. The molecular weight excluding hydrogens is 464 g/mol. The van der Waals surface area contributed by atoms with Crippen LogP contribution >= 0.6 is 11.6 Å². The topological polar surface area (TPSA) is 79.7 Å². The second-order valence-electron chi connectivity index (χ2n) is 8.78. The number of benzene rings is 2. The van der Waals surface area contributed by atoms with Crippen molar-refractivity contribution in [2.45, 2.75) is 45.1 Å². The maximum Gasteiger partial charge on any atom is 0.337 e. The molecule has 4 rings (SSSR count). The highest BCUT2D eigenvalue weighted by atomic mass is 35.5. The summed E-state index contributed by atoms with van der Waals surface area (Å²) in [4.78, 5) is 31.4. The van der Waals surface area contributed by atoms with Crippen molar-refractivity contribution >= 4 is 23.5 Å². The van der Waals surface area contributed by atoms with Crippen LogP contribution in [0.4, 0.5) is 0 Å². The molecular formula is C28H29ClN2O4. The second kappa shape index (κ2) is 11.4. The van der Waals surface area contributed by atoms with Gasteiger partial charge in [-0.05, 0) is 67.6 Å². The summed E-state index contributed by atoms with van der Waals surface area (Å²) in [7, 11) is 0. The number of carbonyl (C=O) groups excluding carboxylic acids is 1. The van der Waals surface area contributed by atoms with Crippen LogP contribution in [0.5, 0.6) is 5.75 Å². The molecule has 182 valence electrons. The van der Waals surface area contributed by atoms with Gasteiger partial charge in [0, 0.05) is 24.4 Å². The number of halogens is 1. The van der Waals surface area contributed by atoms with Crippen LogP contribution in [-0.4, -0.2) is 40.0 Å². The number of aromatic carboxylic acids is 1. The monoisotopic (exact) mass is 492 g/mol. The number of rotatable bonds is 9. The van der Waals surface area contributed by atoms with Crippen LogP contribution in [0.25, 0.3) is 0 Å². The molecule has 3 aromatic rings. The van der Waals surface area contributed by atoms with Gasteiger partial charge in [-0.25, -0.2) is 4.79 Å². The Labute approximate surface area is 210 Å². The lowest BCUT2D eigenvalue weighted by molar-refractivity contribution is -0.132. The smallest absolute Gasteiger partial charge is 0.337 e. The zero-order valence-corrected chi connectivity index (χ0v) is 20.5. The fourth-order valence-electron chi connectivity index (χ4n) is 4.47. The van der Waals surface area contributed by atoms with Gasteiger partial charge in [0.1, 0.15) is 5.75 Å². The Balaban J connectivity index is 1.45. The molecule has 1 unspecified atom stereocenters. The number of hydrogen-bond donors (Lipinski definition) is 1. The summed E-state index contributed by atoms with van der Waals surface area (Å²) in [5.74, 6) is -0.252. The molecule has 0 saturated carbocycles. The predicted molar refractivity (Wildman–Crippen MR) is 135 cm³/mol. The van der Waals surface area contributed by atoms with E-state index in [9.17, 15) is 14.7 Å². The standard InChI is InChI=1S/C28H29ClN2O4/c1-19-18-21(10-12-23(19)29)35-17-15-24-22(28(33)34)11-13-25(30-24)26-8-5-16-31(26)27(32)14-9-20-6-3-2-4-7-20/h2-4,6-7,10-13,18,26H,5,8-9,14-17H2,1H3,(H,33,34). The lowest BCUT2D eigenvalue weighted by Gasteiger charge is -2.25. The molecule has 1 N–H and O–H groups in total. The average Bonchev–Trinajstić information content (AvgIpc) is 3.35. The van der Waals surface area contributed by atoms with E-state index in [1.165, 1.54) is 0 Å². The van der Waals surface area contributed by atoms with E-state index < -0.39 is 5.97 Å². The van der Waals surface area contributed by atoms with E-state index in [0.717, 1.165) is 29.7 Å². The van der Waals surface area contributed by atoms with Crippen molar-refractivity contribution < 1.29 is 19.4 Å². The number of hydrogen-bond acceptors (Lipinski definition) is 4. The van der Waals surface area contributed by atoms with Gasteiger partial charge in [0.15, 0.2) is 0 Å².